The fraction of sp³-hybridized carbons (Fsp3) is 0.0870. The van der Waals surface area contributed by atoms with Crippen LogP contribution >= 0.6 is 0 Å². The van der Waals surface area contributed by atoms with Crippen LogP contribution in [0.5, 0.6) is 11.5 Å². The average molecular weight is 393 g/mol. The Kier molecular flexibility index (Phi) is 5.24. The average Bonchev–Trinajstić information content (AvgIpc) is 3.15. The van der Waals surface area contributed by atoms with E-state index in [-0.39, 0.29) is 11.5 Å². The van der Waals surface area contributed by atoms with E-state index in [1.807, 2.05) is 48.5 Å². The summed E-state index contributed by atoms with van der Waals surface area (Å²) in [5, 5.41) is 0. The third-order valence-electron chi connectivity index (χ3n) is 4.33. The highest BCUT2D eigenvalue weighted by atomic mass is 19.3. The van der Waals surface area contributed by atoms with Crippen molar-refractivity contribution in [1.29, 1.82) is 0 Å². The van der Waals surface area contributed by atoms with Gasteiger partial charge in [-0.3, -0.25) is 0 Å². The van der Waals surface area contributed by atoms with Gasteiger partial charge in [0.15, 0.2) is 17.1 Å². The first-order valence-electron chi connectivity index (χ1n) is 8.89. The molecule has 1 heterocycles. The van der Waals surface area contributed by atoms with Crippen molar-refractivity contribution in [1.82, 2.24) is 4.98 Å². The van der Waals surface area contributed by atoms with E-state index in [0.29, 0.717) is 11.5 Å². The fourth-order valence-corrected chi connectivity index (χ4v) is 2.98. The van der Waals surface area contributed by atoms with E-state index >= 15 is 0 Å². The van der Waals surface area contributed by atoms with Gasteiger partial charge in [0, 0.05) is 6.08 Å². The summed E-state index contributed by atoms with van der Waals surface area (Å²) in [6.45, 7) is -2.91. The van der Waals surface area contributed by atoms with Crippen LogP contribution in [-0.2, 0) is 0 Å². The van der Waals surface area contributed by atoms with Gasteiger partial charge in [0.1, 0.15) is 5.52 Å². The van der Waals surface area contributed by atoms with Crippen LogP contribution in [0.15, 0.2) is 71.1 Å². The number of halogens is 2. The molecule has 4 aromatic rings. The molecule has 0 aliphatic rings. The van der Waals surface area contributed by atoms with E-state index in [4.69, 9.17) is 9.15 Å². The molecule has 0 amide bonds. The zero-order chi connectivity index (χ0) is 20.2. The van der Waals surface area contributed by atoms with Gasteiger partial charge in [-0.15, -0.1) is 0 Å². The van der Waals surface area contributed by atoms with Gasteiger partial charge in [-0.2, -0.15) is 8.78 Å². The summed E-state index contributed by atoms with van der Waals surface area (Å²) in [5.41, 5.74) is 4.33. The molecule has 0 radical (unpaired) electrons. The van der Waals surface area contributed by atoms with Gasteiger partial charge < -0.3 is 13.9 Å². The van der Waals surface area contributed by atoms with E-state index in [2.05, 4.69) is 9.72 Å². The molecule has 0 aliphatic heterocycles. The molecule has 0 fully saturated rings. The van der Waals surface area contributed by atoms with Crippen LogP contribution in [0.3, 0.4) is 0 Å². The number of benzene rings is 3. The first-order chi connectivity index (χ1) is 14.1. The van der Waals surface area contributed by atoms with Crippen LogP contribution in [0.4, 0.5) is 8.78 Å². The molecule has 0 bridgehead atoms. The maximum atomic E-state index is 12.4. The molecule has 6 heteroatoms. The summed E-state index contributed by atoms with van der Waals surface area (Å²) in [4.78, 5) is 4.50. The summed E-state index contributed by atoms with van der Waals surface area (Å²) in [6.07, 6.45) is 3.47. The van der Waals surface area contributed by atoms with Gasteiger partial charge >= 0.3 is 6.61 Å². The monoisotopic (exact) mass is 393 g/mol. The third-order valence-corrected chi connectivity index (χ3v) is 4.33. The van der Waals surface area contributed by atoms with Gasteiger partial charge in [0.2, 0.25) is 5.89 Å². The first-order valence-corrected chi connectivity index (χ1v) is 8.89. The Bertz CT molecular complexity index is 1150. The van der Waals surface area contributed by atoms with Gasteiger partial charge in [0.05, 0.1) is 7.11 Å². The molecule has 0 aliphatic carbocycles. The number of methoxy groups -OCH3 is 1. The molecule has 29 heavy (non-hydrogen) atoms. The van der Waals surface area contributed by atoms with Gasteiger partial charge in [-0.1, -0.05) is 42.5 Å². The van der Waals surface area contributed by atoms with E-state index in [9.17, 15) is 8.78 Å². The van der Waals surface area contributed by atoms with E-state index in [0.717, 1.165) is 22.2 Å². The van der Waals surface area contributed by atoms with Crippen LogP contribution < -0.4 is 9.47 Å². The summed E-state index contributed by atoms with van der Waals surface area (Å²) >= 11 is 0. The lowest BCUT2D eigenvalue weighted by atomic mass is 10.1. The Morgan fingerprint density at radius 3 is 2.48 bits per heavy atom. The normalized spacial score (nSPS) is 11.4. The predicted octanol–water partition coefficient (Wildman–Crippen LogP) is 6.28. The zero-order valence-corrected chi connectivity index (χ0v) is 15.5. The lowest BCUT2D eigenvalue weighted by molar-refractivity contribution is -0.0512. The number of aromatic nitrogens is 1. The molecular weight excluding hydrogens is 376 g/mol. The van der Waals surface area contributed by atoms with Crippen LogP contribution in [0, 0.1) is 0 Å². The molecule has 0 spiro atoms. The van der Waals surface area contributed by atoms with Crippen molar-refractivity contribution in [2.45, 2.75) is 6.61 Å². The number of alkyl halides is 2. The largest absolute Gasteiger partial charge is 0.493 e. The highest BCUT2D eigenvalue weighted by molar-refractivity contribution is 5.82. The van der Waals surface area contributed by atoms with Crippen LogP contribution in [0.25, 0.3) is 34.4 Å². The molecule has 4 rings (SSSR count). The number of oxazole rings is 1. The smallest absolute Gasteiger partial charge is 0.387 e. The van der Waals surface area contributed by atoms with Crippen LogP contribution in [-0.4, -0.2) is 18.7 Å². The lowest BCUT2D eigenvalue weighted by Crippen LogP contribution is -2.03. The van der Waals surface area contributed by atoms with Crippen molar-refractivity contribution in [2.24, 2.45) is 0 Å². The Hall–Kier alpha value is -3.67. The number of ether oxygens (including phenoxy) is 2. The highest BCUT2D eigenvalue weighted by Gasteiger charge is 2.11. The number of hydrogen-bond acceptors (Lipinski definition) is 4. The molecular formula is C23H17F2NO3. The molecule has 1 aromatic heterocycles. The van der Waals surface area contributed by atoms with Crippen molar-refractivity contribution < 1.29 is 22.7 Å². The molecule has 0 unspecified atom stereocenters. The second-order valence-electron chi connectivity index (χ2n) is 6.22. The Balaban J connectivity index is 1.58. The lowest BCUT2D eigenvalue weighted by Gasteiger charge is -2.10. The summed E-state index contributed by atoms with van der Waals surface area (Å²) in [7, 11) is 1.40. The molecule has 4 nitrogen and oxygen atoms in total. The quantitative estimate of drug-likeness (QED) is 0.387. The topological polar surface area (TPSA) is 44.5 Å². The van der Waals surface area contributed by atoms with Crippen molar-refractivity contribution in [3.8, 4) is 22.6 Å². The van der Waals surface area contributed by atoms with Crippen molar-refractivity contribution in [2.75, 3.05) is 7.11 Å². The molecule has 0 saturated heterocycles. The second-order valence-corrected chi connectivity index (χ2v) is 6.22. The zero-order valence-electron chi connectivity index (χ0n) is 15.5. The van der Waals surface area contributed by atoms with Crippen molar-refractivity contribution in [3.05, 3.63) is 78.2 Å². The third kappa shape index (κ3) is 4.27. The minimum atomic E-state index is -2.91. The fourth-order valence-electron chi connectivity index (χ4n) is 2.98. The molecule has 0 N–H and O–H groups in total. The minimum Gasteiger partial charge on any atom is -0.493 e. The van der Waals surface area contributed by atoms with Crippen LogP contribution in [0.1, 0.15) is 11.5 Å². The SMILES string of the molecule is COc1cc(/C=C/c2nc3cc(-c4ccccc4)ccc3o2)ccc1OC(F)F. The molecule has 0 atom stereocenters. The van der Waals surface area contributed by atoms with Crippen molar-refractivity contribution >= 4 is 23.3 Å². The van der Waals surface area contributed by atoms with Gasteiger partial charge in [-0.05, 0) is 47.0 Å². The van der Waals surface area contributed by atoms with Crippen LogP contribution in [0.2, 0.25) is 0 Å². The Labute approximate surface area is 166 Å². The molecule has 3 aromatic carbocycles. The summed E-state index contributed by atoms with van der Waals surface area (Å²) < 4.78 is 40.2. The number of hydrogen-bond donors (Lipinski definition) is 0. The van der Waals surface area contributed by atoms with Crippen molar-refractivity contribution in [3.63, 3.8) is 0 Å². The summed E-state index contributed by atoms with van der Waals surface area (Å²) in [5.74, 6) is 0.643. The highest BCUT2D eigenvalue weighted by Crippen LogP contribution is 2.30. The molecule has 0 saturated carbocycles. The predicted molar refractivity (Wildman–Crippen MR) is 108 cm³/mol. The van der Waals surface area contributed by atoms with E-state index in [1.54, 1.807) is 24.3 Å². The summed E-state index contributed by atoms with van der Waals surface area (Å²) in [6, 6.07) is 20.6. The van der Waals surface area contributed by atoms with Gasteiger partial charge in [-0.25, -0.2) is 4.98 Å². The Morgan fingerprint density at radius 2 is 1.72 bits per heavy atom. The minimum absolute atomic E-state index is 0.0186. The van der Waals surface area contributed by atoms with Gasteiger partial charge in [0.25, 0.3) is 0 Å². The maximum Gasteiger partial charge on any atom is 0.387 e. The Morgan fingerprint density at radius 1 is 0.897 bits per heavy atom. The van der Waals surface area contributed by atoms with E-state index < -0.39 is 6.61 Å². The number of nitrogens with zero attached hydrogens (tertiary/aromatic N) is 1. The second kappa shape index (κ2) is 8.14. The van der Waals surface area contributed by atoms with E-state index in [1.165, 1.54) is 13.2 Å². The number of fused-ring (bicyclic) bond motifs is 1. The number of rotatable bonds is 6. The molecule has 146 valence electrons. The first kappa shape index (κ1) is 18.7. The maximum absolute atomic E-state index is 12.4. The standard InChI is InChI=1S/C23H17F2NO3/c1-27-21-13-15(7-10-20(21)29-23(24)25)8-12-22-26-18-14-17(9-11-19(18)28-22)16-5-3-2-4-6-16/h2-14,23H,1H3/b12-8+.